The predicted octanol–water partition coefficient (Wildman–Crippen LogP) is 5.78. The Morgan fingerprint density at radius 2 is 1.88 bits per heavy atom. The molecule has 1 aliphatic carbocycles. The largest absolute Gasteiger partial charge is 0.338 e. The number of nitrogens with one attached hydrogen (secondary N) is 2. The summed E-state index contributed by atoms with van der Waals surface area (Å²) in [7, 11) is 0. The smallest absolute Gasteiger partial charge is 0.257 e. The van der Waals surface area contributed by atoms with Gasteiger partial charge in [0.2, 0.25) is 0 Å². The minimum absolute atomic E-state index is 0.154. The monoisotopic (exact) mass is 455 g/mol. The number of amides is 1. The third-order valence-corrected chi connectivity index (χ3v) is 7.15. The Bertz CT molecular complexity index is 1450. The lowest BCUT2D eigenvalue weighted by atomic mass is 9.95. The van der Waals surface area contributed by atoms with E-state index in [1.165, 1.54) is 16.9 Å². The Morgan fingerprint density at radius 1 is 1.06 bits per heavy atom. The lowest BCUT2D eigenvalue weighted by Crippen LogP contribution is -2.11. The number of benzene rings is 2. The van der Waals surface area contributed by atoms with Crippen LogP contribution in [0.1, 0.15) is 39.5 Å². The average molecular weight is 456 g/mol. The summed E-state index contributed by atoms with van der Waals surface area (Å²) in [5.41, 5.74) is 5.60. The molecule has 2 N–H and O–H groups in total. The molecule has 7 nitrogen and oxygen atoms in total. The molecule has 0 aliphatic heterocycles. The normalized spacial score (nSPS) is 13.2. The molecule has 0 spiro atoms. The highest BCUT2D eigenvalue weighted by atomic mass is 32.1. The van der Waals surface area contributed by atoms with Crippen molar-refractivity contribution in [3.8, 4) is 22.8 Å². The van der Waals surface area contributed by atoms with Gasteiger partial charge in [-0.1, -0.05) is 17.3 Å². The Kier molecular flexibility index (Phi) is 4.80. The standard InChI is InChI=1S/C25H21N5O2S/c1-14-26-24(32-30-14)16-12-10-15(11-13-16)23(31)29-25-21(17-6-2-5-9-20(17)33-25)22-27-18-7-3-4-8-19(18)28-22/h3-4,7-8,10-13H,2,5-6,9H2,1H3,(H,27,28)(H,29,31). The van der Waals surface area contributed by atoms with Crippen LogP contribution in [0.3, 0.4) is 0 Å². The molecule has 5 aromatic rings. The third-order valence-electron chi connectivity index (χ3n) is 5.95. The average Bonchev–Trinajstić information content (AvgIpc) is 3.54. The number of para-hydroxylation sites is 2. The van der Waals surface area contributed by atoms with Crippen molar-refractivity contribution >= 4 is 33.3 Å². The molecule has 1 aliphatic rings. The van der Waals surface area contributed by atoms with Gasteiger partial charge in [-0.25, -0.2) is 4.98 Å². The topological polar surface area (TPSA) is 96.7 Å². The van der Waals surface area contributed by atoms with Crippen molar-refractivity contribution in [3.05, 3.63) is 70.4 Å². The van der Waals surface area contributed by atoms with Gasteiger partial charge in [-0.2, -0.15) is 4.98 Å². The molecule has 164 valence electrons. The summed E-state index contributed by atoms with van der Waals surface area (Å²) in [4.78, 5) is 27.0. The van der Waals surface area contributed by atoms with Crippen LogP contribution in [0, 0.1) is 6.92 Å². The second-order valence-corrected chi connectivity index (χ2v) is 9.30. The van der Waals surface area contributed by atoms with Crippen LogP contribution in [0.4, 0.5) is 5.00 Å². The van der Waals surface area contributed by atoms with Gasteiger partial charge < -0.3 is 14.8 Å². The molecule has 0 saturated heterocycles. The molecule has 8 heteroatoms. The summed E-state index contributed by atoms with van der Waals surface area (Å²) >= 11 is 1.67. The maximum Gasteiger partial charge on any atom is 0.257 e. The predicted molar refractivity (Wildman–Crippen MR) is 128 cm³/mol. The number of thiophene rings is 1. The number of anilines is 1. The Hall–Kier alpha value is -3.78. The molecule has 3 aromatic heterocycles. The number of nitrogens with zero attached hydrogens (tertiary/aromatic N) is 3. The van der Waals surface area contributed by atoms with Crippen LogP contribution in [-0.4, -0.2) is 26.0 Å². The van der Waals surface area contributed by atoms with E-state index < -0.39 is 0 Å². The molecule has 6 rings (SSSR count). The Labute approximate surface area is 193 Å². The number of rotatable bonds is 4. The molecule has 3 heterocycles. The second kappa shape index (κ2) is 7.97. The van der Waals surface area contributed by atoms with E-state index >= 15 is 0 Å². The van der Waals surface area contributed by atoms with Gasteiger partial charge in [-0.3, -0.25) is 4.79 Å². The first-order chi connectivity index (χ1) is 16.2. The number of fused-ring (bicyclic) bond motifs is 2. The maximum atomic E-state index is 13.1. The minimum atomic E-state index is -0.154. The van der Waals surface area contributed by atoms with Crippen molar-refractivity contribution in [1.82, 2.24) is 20.1 Å². The van der Waals surface area contributed by atoms with Crippen molar-refractivity contribution in [2.45, 2.75) is 32.6 Å². The molecule has 0 saturated carbocycles. The van der Waals surface area contributed by atoms with Crippen LogP contribution in [0.2, 0.25) is 0 Å². The van der Waals surface area contributed by atoms with E-state index in [1.54, 1.807) is 30.4 Å². The number of carbonyl (C=O) groups is 1. The van der Waals surface area contributed by atoms with E-state index in [2.05, 4.69) is 20.4 Å². The van der Waals surface area contributed by atoms with Crippen LogP contribution in [0.25, 0.3) is 33.9 Å². The van der Waals surface area contributed by atoms with Gasteiger partial charge in [0.15, 0.2) is 5.82 Å². The van der Waals surface area contributed by atoms with Crippen LogP contribution in [-0.2, 0) is 12.8 Å². The number of imidazole rings is 1. The summed E-state index contributed by atoms with van der Waals surface area (Å²) in [5.74, 6) is 1.68. The van der Waals surface area contributed by atoms with Gasteiger partial charge in [0, 0.05) is 16.0 Å². The van der Waals surface area contributed by atoms with Gasteiger partial charge in [-0.05, 0) is 74.6 Å². The van der Waals surface area contributed by atoms with Gasteiger partial charge in [0.25, 0.3) is 11.8 Å². The molecule has 0 unspecified atom stereocenters. The molecular weight excluding hydrogens is 434 g/mol. The molecule has 2 aromatic carbocycles. The minimum Gasteiger partial charge on any atom is -0.338 e. The Morgan fingerprint density at radius 3 is 2.67 bits per heavy atom. The van der Waals surface area contributed by atoms with Crippen molar-refractivity contribution in [2.24, 2.45) is 0 Å². The summed E-state index contributed by atoms with van der Waals surface area (Å²) in [6.45, 7) is 1.77. The molecular formula is C25H21N5O2S. The van der Waals surface area contributed by atoms with Crippen molar-refractivity contribution in [1.29, 1.82) is 0 Å². The van der Waals surface area contributed by atoms with E-state index in [0.29, 0.717) is 17.3 Å². The zero-order valence-electron chi connectivity index (χ0n) is 18.0. The van der Waals surface area contributed by atoms with Crippen LogP contribution < -0.4 is 5.32 Å². The molecule has 33 heavy (non-hydrogen) atoms. The number of aromatic amines is 1. The molecule has 1 amide bonds. The lowest BCUT2D eigenvalue weighted by Gasteiger charge is -2.12. The summed E-state index contributed by atoms with van der Waals surface area (Å²) < 4.78 is 5.21. The maximum absolute atomic E-state index is 13.1. The Balaban J connectivity index is 1.34. The molecule has 0 fully saturated rings. The van der Waals surface area contributed by atoms with E-state index in [-0.39, 0.29) is 5.91 Å². The first kappa shape index (κ1) is 19.9. The molecule has 0 radical (unpaired) electrons. The lowest BCUT2D eigenvalue weighted by molar-refractivity contribution is 0.102. The zero-order valence-corrected chi connectivity index (χ0v) is 18.8. The van der Waals surface area contributed by atoms with E-state index in [0.717, 1.165) is 52.2 Å². The first-order valence-electron chi connectivity index (χ1n) is 11.0. The SMILES string of the molecule is Cc1noc(-c2ccc(C(=O)Nc3sc4c(c3-c3nc5ccccc5[nH]3)CCCC4)cc2)n1. The number of hydrogen-bond acceptors (Lipinski definition) is 6. The number of H-pyrrole nitrogens is 1. The van der Waals surface area contributed by atoms with Crippen molar-refractivity contribution in [2.75, 3.05) is 5.32 Å². The van der Waals surface area contributed by atoms with E-state index in [4.69, 9.17) is 9.51 Å². The van der Waals surface area contributed by atoms with E-state index in [1.807, 2.05) is 36.4 Å². The third kappa shape index (κ3) is 3.62. The van der Waals surface area contributed by atoms with Gasteiger partial charge in [0.05, 0.1) is 16.6 Å². The van der Waals surface area contributed by atoms with Crippen LogP contribution in [0.15, 0.2) is 53.1 Å². The molecule has 0 bridgehead atoms. The fraction of sp³-hybridized carbons (Fsp3) is 0.200. The number of aryl methyl sites for hydroxylation is 2. The van der Waals surface area contributed by atoms with Gasteiger partial charge in [-0.15, -0.1) is 11.3 Å². The number of hydrogen-bond donors (Lipinski definition) is 2. The van der Waals surface area contributed by atoms with Crippen LogP contribution >= 0.6 is 11.3 Å². The highest BCUT2D eigenvalue weighted by molar-refractivity contribution is 7.17. The van der Waals surface area contributed by atoms with E-state index in [9.17, 15) is 4.79 Å². The van der Waals surface area contributed by atoms with Gasteiger partial charge in [0.1, 0.15) is 10.8 Å². The highest BCUT2D eigenvalue weighted by Gasteiger charge is 2.25. The van der Waals surface area contributed by atoms with Crippen molar-refractivity contribution < 1.29 is 9.32 Å². The summed E-state index contributed by atoms with van der Waals surface area (Å²) in [6, 6.07) is 15.2. The number of aromatic nitrogens is 4. The fourth-order valence-corrected chi connectivity index (χ4v) is 5.62. The second-order valence-electron chi connectivity index (χ2n) is 8.20. The zero-order chi connectivity index (χ0) is 22.4. The quantitative estimate of drug-likeness (QED) is 0.358. The number of carbonyl (C=O) groups excluding carboxylic acids is 1. The summed E-state index contributed by atoms with van der Waals surface area (Å²) in [6.07, 6.45) is 4.38. The summed E-state index contributed by atoms with van der Waals surface area (Å²) in [5, 5.41) is 7.83. The van der Waals surface area contributed by atoms with Crippen LogP contribution in [0.5, 0.6) is 0 Å². The fourth-order valence-electron chi connectivity index (χ4n) is 4.33. The van der Waals surface area contributed by atoms with Gasteiger partial charge >= 0.3 is 0 Å². The van der Waals surface area contributed by atoms with Crippen molar-refractivity contribution in [3.63, 3.8) is 0 Å². The first-order valence-corrected chi connectivity index (χ1v) is 11.8. The molecule has 0 atom stereocenters. The highest BCUT2D eigenvalue weighted by Crippen LogP contribution is 2.43.